The van der Waals surface area contributed by atoms with E-state index in [1.807, 2.05) is 12.2 Å². The van der Waals surface area contributed by atoms with Crippen LogP contribution in [0, 0.1) is 17.8 Å². The minimum atomic E-state index is 0.535. The van der Waals surface area contributed by atoms with Crippen LogP contribution >= 0.6 is 0 Å². The van der Waals surface area contributed by atoms with Crippen LogP contribution in [-0.2, 0) is 0 Å². The van der Waals surface area contributed by atoms with E-state index in [4.69, 9.17) is 0 Å². The molecule has 0 aromatic carbocycles. The van der Waals surface area contributed by atoms with E-state index in [2.05, 4.69) is 68.7 Å². The lowest BCUT2D eigenvalue weighted by molar-refractivity contribution is 0.468. The van der Waals surface area contributed by atoms with Crippen molar-refractivity contribution in [2.24, 2.45) is 17.8 Å². The summed E-state index contributed by atoms with van der Waals surface area (Å²) in [7, 11) is 0. The maximum absolute atomic E-state index is 3.96. The summed E-state index contributed by atoms with van der Waals surface area (Å²) in [6.07, 6.45) is 27.4. The van der Waals surface area contributed by atoms with Crippen molar-refractivity contribution < 1.29 is 0 Å². The van der Waals surface area contributed by atoms with E-state index >= 15 is 0 Å². The molecule has 3 atom stereocenters. The first-order valence-corrected chi connectivity index (χ1v) is 9.17. The average Bonchev–Trinajstić information content (AvgIpc) is 2.67. The summed E-state index contributed by atoms with van der Waals surface area (Å²) in [5.74, 6) is 1.81. The molecule has 24 heavy (non-hydrogen) atoms. The standard InChI is InChI=1S/C24H28/c1-4-18-10-12-21(13-11-18)22-8-7-9-23(17-22)24-15-19(5-2)14-20(6-3)16-24/h5-8,10,12-15,17-18,23-24H,2-4,9,11,16H2,1H3. The van der Waals surface area contributed by atoms with Crippen molar-refractivity contribution in [1.82, 2.24) is 0 Å². The molecule has 0 N–H and O–H groups in total. The van der Waals surface area contributed by atoms with Gasteiger partial charge in [-0.05, 0) is 65.7 Å². The van der Waals surface area contributed by atoms with E-state index in [1.54, 1.807) is 0 Å². The Balaban J connectivity index is 1.79. The number of allylic oxidation sites excluding steroid dienone is 14. The van der Waals surface area contributed by atoms with Crippen LogP contribution in [0.15, 0.2) is 96.2 Å². The van der Waals surface area contributed by atoms with Crippen molar-refractivity contribution in [2.45, 2.75) is 32.6 Å². The van der Waals surface area contributed by atoms with Crippen molar-refractivity contribution in [1.29, 1.82) is 0 Å². The fourth-order valence-corrected chi connectivity index (χ4v) is 3.82. The van der Waals surface area contributed by atoms with Crippen molar-refractivity contribution >= 4 is 0 Å². The van der Waals surface area contributed by atoms with Gasteiger partial charge in [0.15, 0.2) is 0 Å². The zero-order chi connectivity index (χ0) is 16.9. The Bertz CT molecular complexity index is 688. The molecule has 124 valence electrons. The number of hydrogen-bond donors (Lipinski definition) is 0. The van der Waals surface area contributed by atoms with Crippen molar-refractivity contribution in [2.75, 3.05) is 0 Å². The van der Waals surface area contributed by atoms with E-state index in [0.29, 0.717) is 11.8 Å². The number of rotatable bonds is 5. The van der Waals surface area contributed by atoms with Crippen molar-refractivity contribution in [3.05, 3.63) is 96.2 Å². The molecule has 0 saturated carbocycles. The summed E-state index contributed by atoms with van der Waals surface area (Å²) in [6.45, 7) is 10.2. The predicted molar refractivity (Wildman–Crippen MR) is 106 cm³/mol. The quantitative estimate of drug-likeness (QED) is 0.533. The van der Waals surface area contributed by atoms with Gasteiger partial charge in [-0.3, -0.25) is 0 Å². The Kier molecular flexibility index (Phi) is 5.35. The summed E-state index contributed by atoms with van der Waals surface area (Å²) in [6, 6.07) is 0. The molecule has 0 fully saturated rings. The second kappa shape index (κ2) is 7.66. The lowest BCUT2D eigenvalue weighted by atomic mass is 9.76. The largest absolute Gasteiger partial charge is 0.0988 e. The van der Waals surface area contributed by atoms with E-state index in [1.165, 1.54) is 35.1 Å². The van der Waals surface area contributed by atoms with Crippen LogP contribution in [-0.4, -0.2) is 0 Å². The first-order valence-electron chi connectivity index (χ1n) is 9.17. The molecule has 3 aliphatic rings. The Hall–Kier alpha value is -2.08. The SMILES string of the molecule is C=CC1=CC(C2C=C(C3=CCC(CC)C=C3)C=CC2)CC(C=C)=C1. The fourth-order valence-electron chi connectivity index (χ4n) is 3.82. The highest BCUT2D eigenvalue weighted by molar-refractivity contribution is 5.50. The molecular formula is C24H28. The maximum atomic E-state index is 3.96. The van der Waals surface area contributed by atoms with Crippen molar-refractivity contribution in [3.8, 4) is 0 Å². The van der Waals surface area contributed by atoms with Gasteiger partial charge in [-0.1, -0.05) is 80.8 Å². The molecule has 0 nitrogen and oxygen atoms in total. The van der Waals surface area contributed by atoms with Gasteiger partial charge in [-0.2, -0.15) is 0 Å². The van der Waals surface area contributed by atoms with Crippen LogP contribution in [0.5, 0.6) is 0 Å². The Labute approximate surface area is 147 Å². The highest BCUT2D eigenvalue weighted by atomic mass is 14.3. The minimum Gasteiger partial charge on any atom is -0.0988 e. The van der Waals surface area contributed by atoms with E-state index in [9.17, 15) is 0 Å². The molecule has 0 amide bonds. The first kappa shape index (κ1) is 16.8. The zero-order valence-electron chi connectivity index (χ0n) is 14.7. The third-order valence-corrected chi connectivity index (χ3v) is 5.42. The van der Waals surface area contributed by atoms with Crippen LogP contribution in [0.4, 0.5) is 0 Å². The van der Waals surface area contributed by atoms with Gasteiger partial charge in [0.1, 0.15) is 0 Å². The van der Waals surface area contributed by atoms with Gasteiger partial charge in [0.25, 0.3) is 0 Å². The summed E-state index contributed by atoms with van der Waals surface area (Å²) in [5.41, 5.74) is 5.34. The lowest BCUT2D eigenvalue weighted by Gasteiger charge is -2.28. The van der Waals surface area contributed by atoms with Gasteiger partial charge in [0, 0.05) is 0 Å². The lowest BCUT2D eigenvalue weighted by Crippen LogP contribution is -2.16. The van der Waals surface area contributed by atoms with Crippen LogP contribution in [0.25, 0.3) is 0 Å². The molecule has 3 aliphatic carbocycles. The predicted octanol–water partition coefficient (Wildman–Crippen LogP) is 6.65. The summed E-state index contributed by atoms with van der Waals surface area (Å²) in [5, 5.41) is 0. The van der Waals surface area contributed by atoms with Gasteiger partial charge in [-0.25, -0.2) is 0 Å². The molecule has 0 aromatic heterocycles. The van der Waals surface area contributed by atoms with Gasteiger partial charge in [0.05, 0.1) is 0 Å². The van der Waals surface area contributed by atoms with Gasteiger partial charge in [0.2, 0.25) is 0 Å². The highest BCUT2D eigenvalue weighted by Crippen LogP contribution is 2.36. The normalized spacial score (nSPS) is 29.3. The molecule has 0 heteroatoms. The molecule has 0 saturated heterocycles. The fraction of sp³-hybridized carbons (Fsp3) is 0.333. The molecular weight excluding hydrogens is 288 g/mol. The Morgan fingerprint density at radius 3 is 2.58 bits per heavy atom. The molecule has 0 aromatic rings. The van der Waals surface area contributed by atoms with Gasteiger partial charge < -0.3 is 0 Å². The monoisotopic (exact) mass is 316 g/mol. The molecule has 0 aliphatic heterocycles. The van der Waals surface area contributed by atoms with E-state index in [0.717, 1.165) is 18.8 Å². The Morgan fingerprint density at radius 1 is 1.04 bits per heavy atom. The highest BCUT2D eigenvalue weighted by Gasteiger charge is 2.23. The topological polar surface area (TPSA) is 0 Å². The summed E-state index contributed by atoms with van der Waals surface area (Å²) >= 11 is 0. The first-order chi connectivity index (χ1) is 11.7. The molecule has 0 spiro atoms. The second-order valence-electron chi connectivity index (χ2n) is 7.01. The molecule has 3 unspecified atom stereocenters. The molecule has 0 heterocycles. The average molecular weight is 316 g/mol. The van der Waals surface area contributed by atoms with Crippen LogP contribution in [0.3, 0.4) is 0 Å². The minimum absolute atomic E-state index is 0.535. The van der Waals surface area contributed by atoms with Crippen LogP contribution in [0.2, 0.25) is 0 Å². The second-order valence-corrected chi connectivity index (χ2v) is 7.01. The smallest absolute Gasteiger partial charge is 0.0118 e. The zero-order valence-corrected chi connectivity index (χ0v) is 14.7. The van der Waals surface area contributed by atoms with Gasteiger partial charge >= 0.3 is 0 Å². The third-order valence-electron chi connectivity index (χ3n) is 5.42. The molecule has 3 rings (SSSR count). The molecule has 0 bridgehead atoms. The Morgan fingerprint density at radius 2 is 1.92 bits per heavy atom. The van der Waals surface area contributed by atoms with Crippen LogP contribution < -0.4 is 0 Å². The number of hydrogen-bond acceptors (Lipinski definition) is 0. The summed E-state index contributed by atoms with van der Waals surface area (Å²) in [4.78, 5) is 0. The van der Waals surface area contributed by atoms with E-state index in [-0.39, 0.29) is 0 Å². The molecule has 0 radical (unpaired) electrons. The van der Waals surface area contributed by atoms with E-state index < -0.39 is 0 Å². The third kappa shape index (κ3) is 3.70. The summed E-state index contributed by atoms with van der Waals surface area (Å²) < 4.78 is 0. The van der Waals surface area contributed by atoms with Gasteiger partial charge in [-0.15, -0.1) is 0 Å². The van der Waals surface area contributed by atoms with Crippen LogP contribution in [0.1, 0.15) is 32.6 Å². The maximum Gasteiger partial charge on any atom is -0.0118 e. The van der Waals surface area contributed by atoms with Crippen molar-refractivity contribution in [3.63, 3.8) is 0 Å².